The molecule has 0 radical (unpaired) electrons. The van der Waals surface area contributed by atoms with Gasteiger partial charge in [0.25, 0.3) is 0 Å². The monoisotopic (exact) mass is 1370 g/mol. The number of hydrogen-bond acceptors (Lipinski definition) is 3. The molecule has 0 aliphatic heterocycles. The van der Waals surface area contributed by atoms with Crippen LogP contribution in [0.15, 0.2) is 231 Å². The van der Waals surface area contributed by atoms with E-state index in [1.165, 1.54) is 65.7 Å². The molecule has 12 aromatic carbocycles. The fourth-order valence-corrected chi connectivity index (χ4v) is 17.2. The highest BCUT2D eigenvalue weighted by Gasteiger charge is 2.53. The molecule has 0 amide bonds. The quantitative estimate of drug-likeness (QED) is 0.128. The summed E-state index contributed by atoms with van der Waals surface area (Å²) >= 11 is 0. The van der Waals surface area contributed by atoms with Crippen molar-refractivity contribution in [1.29, 1.82) is 0 Å². The van der Waals surface area contributed by atoms with E-state index in [9.17, 15) is 0 Å². The van der Waals surface area contributed by atoms with E-state index in [1.807, 2.05) is 36.4 Å². The van der Waals surface area contributed by atoms with Gasteiger partial charge < -0.3 is 19.4 Å². The molecule has 15 aromatic rings. The lowest BCUT2D eigenvalue weighted by molar-refractivity contribution is 0.103. The van der Waals surface area contributed by atoms with Gasteiger partial charge in [-0.15, -0.1) is 0 Å². The predicted molar refractivity (Wildman–Crippen MR) is 442 cm³/mol. The summed E-state index contributed by atoms with van der Waals surface area (Å²) in [4.78, 5) is 31.3. The minimum Gasteiger partial charge on any atom is -0.399 e. The van der Waals surface area contributed by atoms with Crippen molar-refractivity contribution < 1.29 is 9.59 Å². The maximum Gasteiger partial charge on any atom is 0.193 e. The number of ketones is 2. The fourth-order valence-electron chi connectivity index (χ4n) is 17.2. The first-order chi connectivity index (χ1) is 49.5. The molecule has 2 N–H and O–H groups in total. The van der Waals surface area contributed by atoms with Crippen LogP contribution in [0.1, 0.15) is 212 Å². The molecule has 0 saturated carbocycles. The second kappa shape index (κ2) is 22.8. The van der Waals surface area contributed by atoms with Gasteiger partial charge in [0, 0.05) is 77.3 Å². The topological polar surface area (TPSA) is 75.0 Å². The Bertz CT molecular complexity index is 5820. The van der Waals surface area contributed by atoms with Crippen LogP contribution in [0.5, 0.6) is 0 Å². The minimum atomic E-state index is -1.08. The molecule has 3 aromatic heterocycles. The van der Waals surface area contributed by atoms with Gasteiger partial charge in [-0.05, 0) is 268 Å². The number of carbonyl (C=O) groups excluding carboxylic acids is 2. The largest absolute Gasteiger partial charge is 0.399 e. The summed E-state index contributed by atoms with van der Waals surface area (Å²) in [5.74, 6) is -0.176. The predicted octanol–water partition coefficient (Wildman–Crippen LogP) is 25.2. The summed E-state index contributed by atoms with van der Waals surface area (Å²) in [6.07, 6.45) is 0. The molecule has 0 saturated heterocycles. The lowest BCUT2D eigenvalue weighted by atomic mass is 9.69. The Morgan fingerprint density at radius 2 is 0.467 bits per heavy atom. The Morgan fingerprint density at radius 3 is 0.733 bits per heavy atom. The Balaban J connectivity index is 0.918. The van der Waals surface area contributed by atoms with Crippen molar-refractivity contribution in [2.45, 2.75) is 163 Å². The molecule has 1 spiro atoms. The molecular formula is C99H94N4O2. The van der Waals surface area contributed by atoms with Gasteiger partial charge in [0.15, 0.2) is 11.6 Å². The minimum absolute atomic E-state index is 0.0359. The summed E-state index contributed by atoms with van der Waals surface area (Å²) in [5.41, 5.74) is 33.4. The number of hydrogen-bond donors (Lipinski definition) is 1. The summed E-state index contributed by atoms with van der Waals surface area (Å²) in [6.45, 7) is 41.2. The van der Waals surface area contributed by atoms with Gasteiger partial charge in [0.1, 0.15) is 0 Å². The fraction of sp³-hybridized carbons (Fsp3) is 0.253. The van der Waals surface area contributed by atoms with Crippen LogP contribution < -0.4 is 5.73 Å². The maximum absolute atomic E-state index is 16.0. The van der Waals surface area contributed by atoms with E-state index in [1.54, 1.807) is 12.1 Å². The summed E-state index contributed by atoms with van der Waals surface area (Å²) in [6, 6.07) is 84.4. The second-order valence-corrected chi connectivity index (χ2v) is 36.5. The number of rotatable bonds is 7. The van der Waals surface area contributed by atoms with E-state index in [0.717, 1.165) is 94.7 Å². The third-order valence-corrected chi connectivity index (χ3v) is 23.3. The van der Waals surface area contributed by atoms with E-state index < -0.39 is 5.41 Å². The van der Waals surface area contributed by atoms with E-state index in [0.29, 0.717) is 27.9 Å². The van der Waals surface area contributed by atoms with Gasteiger partial charge in [0.2, 0.25) is 0 Å². The number of anilines is 1. The number of aromatic nitrogens is 3. The molecule has 522 valence electrons. The van der Waals surface area contributed by atoms with Crippen molar-refractivity contribution >= 4 is 82.7 Å². The smallest absolute Gasteiger partial charge is 0.193 e. The number of carbonyl (C=O) groups is 2. The van der Waals surface area contributed by atoms with Gasteiger partial charge in [-0.25, -0.2) is 0 Å². The number of fused-ring (bicyclic) bond motifs is 19. The van der Waals surface area contributed by atoms with Crippen molar-refractivity contribution in [3.63, 3.8) is 0 Å². The van der Waals surface area contributed by atoms with Crippen LogP contribution in [-0.2, 0) is 37.9 Å². The molecule has 6 heteroatoms. The number of nitrogens with zero attached hydrogens (tertiary/aromatic N) is 3. The average Bonchev–Trinajstić information content (AvgIpc) is 1.50. The van der Waals surface area contributed by atoms with Crippen LogP contribution in [0.2, 0.25) is 0 Å². The first kappa shape index (κ1) is 67.4. The maximum atomic E-state index is 16.0. The molecule has 105 heavy (non-hydrogen) atoms. The van der Waals surface area contributed by atoms with Crippen LogP contribution in [0.4, 0.5) is 5.69 Å². The van der Waals surface area contributed by atoms with Crippen LogP contribution >= 0.6 is 0 Å². The standard InChI is InChI=1S/C99H94N4O2/c1-93(2,3)61-25-41-85-75(49-61)76-50-62(94(4,5)6)26-42-86(76)101(85)68-33-21-58(22-34-68)92(105)60-24-38-72-71-37-23-59(91(104)57-19-31-67(100)32-20-57)47-81(71)99(82(72)48-60)83-55-69(102-87-43-27-63(95(7,8)9)51-77(87)78-52-64(96(10,11)12)28-44-88(78)102)35-39-73(83)74-40-36-70(56-84(74)99)103-89-45-29-65(97(13,14)15)53-79(89)80-54-66(98(16,17)18)30-46-90(80)103/h19-56H,100H2,1-18H3. The van der Waals surface area contributed by atoms with E-state index in [-0.39, 0.29) is 44.1 Å². The van der Waals surface area contributed by atoms with Crippen LogP contribution in [0.3, 0.4) is 0 Å². The highest BCUT2D eigenvalue weighted by molar-refractivity contribution is 6.15. The summed E-state index contributed by atoms with van der Waals surface area (Å²) in [7, 11) is 0. The van der Waals surface area contributed by atoms with Crippen LogP contribution in [-0.4, -0.2) is 25.3 Å². The first-order valence-electron chi connectivity index (χ1n) is 37.5. The molecule has 0 fully saturated rings. The Morgan fingerprint density at radius 1 is 0.248 bits per heavy atom. The van der Waals surface area contributed by atoms with E-state index in [4.69, 9.17) is 5.73 Å². The van der Waals surface area contributed by atoms with E-state index >= 15 is 9.59 Å². The number of nitrogens with two attached hydrogens (primary N) is 1. The zero-order valence-electron chi connectivity index (χ0n) is 64.2. The Hall–Kier alpha value is -10.8. The van der Waals surface area contributed by atoms with Crippen molar-refractivity contribution in [1.82, 2.24) is 13.7 Å². The van der Waals surface area contributed by atoms with Gasteiger partial charge in [0.05, 0.1) is 38.5 Å². The zero-order chi connectivity index (χ0) is 73.9. The Labute approximate surface area is 618 Å². The normalized spacial score (nSPS) is 13.8. The summed E-state index contributed by atoms with van der Waals surface area (Å²) in [5, 5.41) is 7.26. The molecule has 6 nitrogen and oxygen atoms in total. The van der Waals surface area contributed by atoms with Crippen molar-refractivity contribution in [3.8, 4) is 39.3 Å². The van der Waals surface area contributed by atoms with Gasteiger partial charge >= 0.3 is 0 Å². The van der Waals surface area contributed by atoms with Gasteiger partial charge in [-0.3, -0.25) is 9.59 Å². The molecule has 3 heterocycles. The van der Waals surface area contributed by atoms with Crippen molar-refractivity contribution in [2.75, 3.05) is 5.73 Å². The Kier molecular flexibility index (Phi) is 14.7. The average molecular weight is 1370 g/mol. The molecular weight excluding hydrogens is 1280 g/mol. The lowest BCUT2D eigenvalue weighted by Gasteiger charge is -2.32. The van der Waals surface area contributed by atoms with Crippen LogP contribution in [0.25, 0.3) is 105 Å². The molecule has 0 unspecified atom stereocenters. The third kappa shape index (κ3) is 10.5. The second-order valence-electron chi connectivity index (χ2n) is 36.5. The molecule has 0 bridgehead atoms. The van der Waals surface area contributed by atoms with Gasteiger partial charge in [-0.1, -0.05) is 197 Å². The highest BCUT2D eigenvalue weighted by Crippen LogP contribution is 2.64. The zero-order valence-corrected chi connectivity index (χ0v) is 64.2. The van der Waals surface area contributed by atoms with Crippen LogP contribution in [0, 0.1) is 0 Å². The number of nitrogen functional groups attached to an aromatic ring is 1. The first-order valence-corrected chi connectivity index (χ1v) is 37.5. The van der Waals surface area contributed by atoms with Crippen molar-refractivity contribution in [2.24, 2.45) is 0 Å². The van der Waals surface area contributed by atoms with Crippen molar-refractivity contribution in [3.05, 3.63) is 308 Å². The molecule has 2 aliphatic carbocycles. The van der Waals surface area contributed by atoms with E-state index in [2.05, 4.69) is 320 Å². The van der Waals surface area contributed by atoms with Gasteiger partial charge in [-0.2, -0.15) is 0 Å². The SMILES string of the molecule is CC(C)(C)c1ccc2c(c1)c1cc(C(C)(C)C)ccc1n2-c1ccc(C(=O)c2ccc3c(c2)C2(c4cc(C(=O)c5ccc(N)cc5)ccc4-3)c3cc(-n4c5ccc(C(C)(C)C)cc5c5cc(C(C)(C)C)ccc54)ccc3-c3ccc(-n4c5ccc(C(C)(C)C)cc5c5cc(C(C)(C)C)ccc54)cc32)cc1. The summed E-state index contributed by atoms with van der Waals surface area (Å²) < 4.78 is 7.29. The highest BCUT2D eigenvalue weighted by atomic mass is 16.1. The third-order valence-electron chi connectivity index (χ3n) is 23.3. The number of benzene rings is 12. The molecule has 2 aliphatic rings. The lowest BCUT2D eigenvalue weighted by Crippen LogP contribution is -2.27. The molecule has 0 atom stereocenters. The molecule has 17 rings (SSSR count).